The third-order valence-electron chi connectivity index (χ3n) is 1.43. The highest BCUT2D eigenvalue weighted by Crippen LogP contribution is 2.31. The van der Waals surface area contributed by atoms with Crippen molar-refractivity contribution < 1.29 is 17.2 Å². The zero-order valence-electron chi connectivity index (χ0n) is 6.92. The van der Waals surface area contributed by atoms with E-state index in [0.29, 0.717) is 0 Å². The maximum Gasteiger partial charge on any atom is 0.265 e. The molecular formula is C6H4ClF2IN2O2S. The molecule has 0 radical (unpaired) electrons. The van der Waals surface area contributed by atoms with Crippen molar-refractivity contribution in [2.75, 3.05) is 0 Å². The van der Waals surface area contributed by atoms with Crippen molar-refractivity contribution in [3.8, 4) is 0 Å². The van der Waals surface area contributed by atoms with Gasteiger partial charge in [-0.15, -0.1) is 0 Å². The Balaban J connectivity index is 3.56. The zero-order chi connectivity index (χ0) is 11.8. The van der Waals surface area contributed by atoms with Gasteiger partial charge in [-0.3, -0.25) is 0 Å². The molecule has 1 rings (SSSR count). The van der Waals surface area contributed by atoms with Crippen LogP contribution in [0.2, 0.25) is 5.02 Å². The lowest BCUT2D eigenvalue weighted by atomic mass is 10.3. The van der Waals surface area contributed by atoms with Gasteiger partial charge in [0.1, 0.15) is 3.70 Å². The molecule has 0 bridgehead atoms. The number of halogens is 4. The summed E-state index contributed by atoms with van der Waals surface area (Å²) in [6.07, 6.45) is -2.88. The predicted octanol–water partition coefficient (Wildman–Crippen LogP) is 1.92. The predicted molar refractivity (Wildman–Crippen MR) is 58.3 cm³/mol. The quantitative estimate of drug-likeness (QED) is 0.640. The minimum Gasteiger partial charge on any atom is -0.227 e. The van der Waals surface area contributed by atoms with Crippen LogP contribution in [0.15, 0.2) is 11.1 Å². The Morgan fingerprint density at radius 2 is 2.07 bits per heavy atom. The van der Waals surface area contributed by atoms with E-state index in [1.54, 1.807) is 22.6 Å². The normalized spacial score (nSPS) is 12.1. The van der Waals surface area contributed by atoms with Crippen LogP contribution in [0.1, 0.15) is 12.0 Å². The van der Waals surface area contributed by atoms with Gasteiger partial charge < -0.3 is 0 Å². The molecule has 4 nitrogen and oxygen atoms in total. The second-order valence-corrected chi connectivity index (χ2v) is 5.46. The van der Waals surface area contributed by atoms with Crippen LogP contribution >= 0.6 is 34.2 Å². The summed E-state index contributed by atoms with van der Waals surface area (Å²) in [4.78, 5) is 3.50. The number of sulfonamides is 1. The molecule has 0 aromatic carbocycles. The number of nitrogens with two attached hydrogens (primary N) is 1. The summed E-state index contributed by atoms with van der Waals surface area (Å²) in [7, 11) is -4.19. The fourth-order valence-electron chi connectivity index (χ4n) is 0.841. The summed E-state index contributed by atoms with van der Waals surface area (Å²) in [5, 5.41) is 3.41. The summed E-state index contributed by atoms with van der Waals surface area (Å²) in [5.41, 5.74) is -0.597. The summed E-state index contributed by atoms with van der Waals surface area (Å²) in [6.45, 7) is 0. The molecule has 0 unspecified atom stereocenters. The number of aromatic nitrogens is 1. The maximum absolute atomic E-state index is 12.4. The monoisotopic (exact) mass is 368 g/mol. The van der Waals surface area contributed by atoms with Gasteiger partial charge in [-0.2, -0.15) is 0 Å². The van der Waals surface area contributed by atoms with Crippen molar-refractivity contribution in [1.29, 1.82) is 0 Å². The van der Waals surface area contributed by atoms with Gasteiger partial charge >= 0.3 is 0 Å². The lowest BCUT2D eigenvalue weighted by molar-refractivity contribution is 0.151. The molecule has 0 amide bonds. The van der Waals surface area contributed by atoms with Crippen molar-refractivity contribution in [3.05, 3.63) is 20.4 Å². The smallest absolute Gasteiger partial charge is 0.227 e. The van der Waals surface area contributed by atoms with Crippen molar-refractivity contribution in [1.82, 2.24) is 4.98 Å². The van der Waals surface area contributed by atoms with Crippen LogP contribution in [0.4, 0.5) is 8.78 Å². The fourth-order valence-corrected chi connectivity index (χ4v) is 2.68. The lowest BCUT2D eigenvalue weighted by Crippen LogP contribution is -2.16. The van der Waals surface area contributed by atoms with Gasteiger partial charge in [-0.1, -0.05) is 11.6 Å². The molecule has 0 saturated carbocycles. The molecule has 1 heterocycles. The van der Waals surface area contributed by atoms with Crippen LogP contribution in [0.25, 0.3) is 0 Å². The first kappa shape index (κ1) is 13.0. The highest BCUT2D eigenvalue weighted by Gasteiger charge is 2.23. The topological polar surface area (TPSA) is 73.1 Å². The second kappa shape index (κ2) is 4.44. The number of nitrogens with zero attached hydrogens (tertiary/aromatic N) is 1. The Morgan fingerprint density at radius 1 is 1.53 bits per heavy atom. The second-order valence-electron chi connectivity index (χ2n) is 2.50. The molecule has 0 aliphatic carbocycles. The van der Waals surface area contributed by atoms with Crippen molar-refractivity contribution in [2.24, 2.45) is 5.14 Å². The Hall–Kier alpha value is -0.0600. The minimum absolute atomic E-state index is 0.0799. The lowest BCUT2D eigenvalue weighted by Gasteiger charge is -2.07. The van der Waals surface area contributed by atoms with E-state index >= 15 is 0 Å². The molecule has 2 N–H and O–H groups in total. The molecule has 0 aliphatic rings. The highest BCUT2D eigenvalue weighted by molar-refractivity contribution is 14.1. The fraction of sp³-hybridized carbons (Fsp3) is 0.167. The van der Waals surface area contributed by atoms with Crippen molar-refractivity contribution in [3.63, 3.8) is 0 Å². The summed E-state index contributed by atoms with van der Waals surface area (Å²) >= 11 is 7.05. The molecule has 0 aliphatic heterocycles. The molecule has 1 aromatic rings. The van der Waals surface area contributed by atoms with Gasteiger partial charge in [0, 0.05) is 5.56 Å². The third kappa shape index (κ3) is 2.95. The SMILES string of the molecule is NS(=O)(=O)c1nc(I)cc(C(F)F)c1Cl. The van der Waals surface area contributed by atoms with Gasteiger partial charge in [-0.05, 0) is 28.7 Å². The Morgan fingerprint density at radius 3 is 2.47 bits per heavy atom. The van der Waals surface area contributed by atoms with Gasteiger partial charge in [0.2, 0.25) is 0 Å². The molecule has 0 fully saturated rings. The van der Waals surface area contributed by atoms with Gasteiger partial charge in [-0.25, -0.2) is 27.3 Å². The van der Waals surface area contributed by atoms with E-state index in [4.69, 9.17) is 16.7 Å². The minimum atomic E-state index is -4.19. The number of alkyl halides is 2. The molecule has 9 heteroatoms. The van der Waals surface area contributed by atoms with Crippen molar-refractivity contribution in [2.45, 2.75) is 11.5 Å². The maximum atomic E-state index is 12.4. The standard InChI is InChI=1S/C6H4ClF2IN2O2S/c7-4-2(5(8)9)1-3(10)12-6(4)15(11,13)14/h1,5H,(H2,11,13,14). The van der Waals surface area contributed by atoms with Crippen LogP contribution in [-0.2, 0) is 10.0 Å². The van der Waals surface area contributed by atoms with E-state index in [0.717, 1.165) is 6.07 Å². The van der Waals surface area contributed by atoms with E-state index in [9.17, 15) is 17.2 Å². The van der Waals surface area contributed by atoms with Crippen molar-refractivity contribution >= 4 is 44.2 Å². The van der Waals surface area contributed by atoms with Crippen LogP contribution in [0.5, 0.6) is 0 Å². The highest BCUT2D eigenvalue weighted by atomic mass is 127. The largest absolute Gasteiger partial charge is 0.265 e. The number of pyridine rings is 1. The van der Waals surface area contributed by atoms with Crippen LogP contribution in [-0.4, -0.2) is 13.4 Å². The first-order valence-corrected chi connectivity index (χ1v) is 6.40. The molecule has 15 heavy (non-hydrogen) atoms. The summed E-state index contributed by atoms with van der Waals surface area (Å²) < 4.78 is 46.9. The summed E-state index contributed by atoms with van der Waals surface area (Å²) in [6, 6.07) is 1.00. The molecular weight excluding hydrogens is 364 g/mol. The van der Waals surface area contributed by atoms with Crippen LogP contribution < -0.4 is 5.14 Å². The van der Waals surface area contributed by atoms with E-state index in [1.165, 1.54) is 0 Å². The third-order valence-corrected chi connectivity index (χ3v) is 3.33. The average Bonchev–Trinajstić information content (AvgIpc) is 2.06. The van der Waals surface area contributed by atoms with Crippen LogP contribution in [0.3, 0.4) is 0 Å². The number of rotatable bonds is 2. The molecule has 84 valence electrons. The number of hydrogen-bond donors (Lipinski definition) is 1. The average molecular weight is 369 g/mol. The van der Waals surface area contributed by atoms with E-state index in [-0.39, 0.29) is 3.70 Å². The Kier molecular flexibility index (Phi) is 3.85. The van der Waals surface area contributed by atoms with Gasteiger partial charge in [0.25, 0.3) is 16.4 Å². The first-order valence-electron chi connectivity index (χ1n) is 3.40. The van der Waals surface area contributed by atoms with Crippen LogP contribution in [0, 0.1) is 3.70 Å². The van der Waals surface area contributed by atoms with E-state index in [1.807, 2.05) is 0 Å². The molecule has 0 saturated heterocycles. The van der Waals surface area contributed by atoms with Gasteiger partial charge in [0.15, 0.2) is 5.03 Å². The molecule has 0 spiro atoms. The number of primary sulfonamides is 1. The first-order chi connectivity index (χ1) is 6.73. The van der Waals surface area contributed by atoms with E-state index in [2.05, 4.69) is 4.98 Å². The summed E-state index contributed by atoms with van der Waals surface area (Å²) in [5.74, 6) is 0. The Bertz CT molecular complexity index is 494. The molecule has 1 aromatic heterocycles. The molecule has 0 atom stereocenters. The van der Waals surface area contributed by atoms with E-state index < -0.39 is 32.1 Å². The zero-order valence-corrected chi connectivity index (χ0v) is 10.6. The van der Waals surface area contributed by atoms with Gasteiger partial charge in [0.05, 0.1) is 5.02 Å². The number of hydrogen-bond acceptors (Lipinski definition) is 3. The Labute approximate surface area is 103 Å².